The second-order valence-corrected chi connectivity index (χ2v) is 9.61. The number of hydrogen-bond acceptors (Lipinski definition) is 5. The van der Waals surface area contributed by atoms with Crippen molar-refractivity contribution < 1.29 is 24.3 Å². The van der Waals surface area contributed by atoms with Gasteiger partial charge in [-0.05, 0) is 37.0 Å². The topological polar surface area (TPSA) is 95.0 Å². The predicted octanol–water partition coefficient (Wildman–Crippen LogP) is 2.05. The Morgan fingerprint density at radius 3 is 2.23 bits per heavy atom. The number of carbonyl (C=O) groups excluding carboxylic acids is 4. The van der Waals surface area contributed by atoms with Crippen molar-refractivity contribution in [2.75, 3.05) is 14.1 Å². The standard InChI is InChI=1S/C22H21BrN2O5/c1-24-19(27)11-5-4-10-12(17(11)21(24)29)8-14-18(22(30)25(2)20(14)28)16(10)13-7-9(23)3-6-15(13)26/h3-4,6-7,11-12,14,16-18,26H,5,8H2,1-2H3/t11-,12+,14+,16+,17-,18+/m0/s1. The van der Waals surface area contributed by atoms with Crippen molar-refractivity contribution in [3.63, 3.8) is 0 Å². The van der Waals surface area contributed by atoms with Crippen molar-refractivity contribution in [1.29, 1.82) is 0 Å². The van der Waals surface area contributed by atoms with E-state index in [9.17, 15) is 24.3 Å². The number of amides is 4. The van der Waals surface area contributed by atoms with E-state index in [1.165, 1.54) is 23.9 Å². The summed E-state index contributed by atoms with van der Waals surface area (Å²) < 4.78 is 0.750. The van der Waals surface area contributed by atoms with E-state index in [1.807, 2.05) is 6.08 Å². The van der Waals surface area contributed by atoms with Crippen LogP contribution >= 0.6 is 15.9 Å². The summed E-state index contributed by atoms with van der Waals surface area (Å²) >= 11 is 3.43. The monoisotopic (exact) mass is 472 g/mol. The van der Waals surface area contributed by atoms with Crippen LogP contribution in [0.15, 0.2) is 34.3 Å². The van der Waals surface area contributed by atoms with Crippen LogP contribution in [-0.4, -0.2) is 52.6 Å². The first-order valence-electron chi connectivity index (χ1n) is 10.0. The molecule has 2 aliphatic heterocycles. The predicted molar refractivity (Wildman–Crippen MR) is 109 cm³/mol. The molecule has 0 spiro atoms. The van der Waals surface area contributed by atoms with Gasteiger partial charge in [0.25, 0.3) is 0 Å². The first kappa shape index (κ1) is 19.5. The van der Waals surface area contributed by atoms with Gasteiger partial charge in [-0.15, -0.1) is 0 Å². The normalized spacial score (nSPS) is 35.4. The van der Waals surface area contributed by atoms with E-state index in [0.29, 0.717) is 18.4 Å². The van der Waals surface area contributed by atoms with Gasteiger partial charge in [-0.2, -0.15) is 0 Å². The molecule has 8 heteroatoms. The second-order valence-electron chi connectivity index (χ2n) is 8.70. The van der Waals surface area contributed by atoms with Crippen LogP contribution in [0.1, 0.15) is 24.3 Å². The molecule has 2 heterocycles. The maximum absolute atomic E-state index is 13.1. The van der Waals surface area contributed by atoms with Gasteiger partial charge in [-0.1, -0.05) is 27.6 Å². The Bertz CT molecular complexity index is 1050. The van der Waals surface area contributed by atoms with Crippen LogP contribution in [0.5, 0.6) is 5.75 Å². The maximum atomic E-state index is 13.1. The third kappa shape index (κ3) is 2.43. The number of benzene rings is 1. The summed E-state index contributed by atoms with van der Waals surface area (Å²) in [6.45, 7) is 0. The number of phenols is 1. The van der Waals surface area contributed by atoms with Crippen molar-refractivity contribution in [3.05, 3.63) is 39.9 Å². The van der Waals surface area contributed by atoms with Crippen LogP contribution in [0.2, 0.25) is 0 Å². The molecule has 30 heavy (non-hydrogen) atoms. The summed E-state index contributed by atoms with van der Waals surface area (Å²) in [5, 5.41) is 10.7. The van der Waals surface area contributed by atoms with Gasteiger partial charge >= 0.3 is 0 Å². The Labute approximate surface area is 181 Å². The number of halogens is 1. The van der Waals surface area contributed by atoms with Gasteiger partial charge in [-0.25, -0.2) is 0 Å². The lowest BCUT2D eigenvalue weighted by molar-refractivity contribution is -0.140. The molecule has 1 aromatic carbocycles. The third-order valence-electron chi connectivity index (χ3n) is 7.41. The van der Waals surface area contributed by atoms with Crippen LogP contribution in [0.3, 0.4) is 0 Å². The molecule has 0 aromatic heterocycles. The van der Waals surface area contributed by atoms with E-state index >= 15 is 0 Å². The number of imide groups is 2. The highest BCUT2D eigenvalue weighted by Gasteiger charge is 2.61. The Hall–Kier alpha value is -2.48. The Kier molecular flexibility index (Phi) is 4.23. The average Bonchev–Trinajstić information content (AvgIpc) is 3.08. The van der Waals surface area contributed by atoms with Crippen molar-refractivity contribution in [2.24, 2.45) is 29.6 Å². The molecule has 4 aliphatic rings. The van der Waals surface area contributed by atoms with E-state index in [1.54, 1.807) is 18.2 Å². The second kappa shape index (κ2) is 6.51. The molecule has 0 unspecified atom stereocenters. The SMILES string of the molecule is CN1C(=O)[C@H]2[C@H](CC=C3[C@H]2C[C@H]2C(=O)N(C)C(=O)[C@H]2[C@H]3c2cc(Br)ccc2O)C1=O. The van der Waals surface area contributed by atoms with Crippen LogP contribution in [0.25, 0.3) is 0 Å². The van der Waals surface area contributed by atoms with E-state index in [0.717, 1.165) is 10.0 Å². The lowest BCUT2D eigenvalue weighted by atomic mass is 9.57. The molecular weight excluding hydrogens is 452 g/mol. The number of rotatable bonds is 1. The fourth-order valence-corrected chi connectivity index (χ4v) is 6.40. The van der Waals surface area contributed by atoms with Crippen molar-refractivity contribution in [2.45, 2.75) is 18.8 Å². The minimum absolute atomic E-state index is 0.0476. The van der Waals surface area contributed by atoms with Crippen LogP contribution in [0.4, 0.5) is 0 Å². The van der Waals surface area contributed by atoms with Crippen molar-refractivity contribution in [3.8, 4) is 5.75 Å². The number of carbonyl (C=O) groups is 4. The van der Waals surface area contributed by atoms with Crippen LogP contribution in [-0.2, 0) is 19.2 Å². The van der Waals surface area contributed by atoms with Gasteiger partial charge in [0, 0.05) is 30.0 Å². The van der Waals surface area contributed by atoms with Crippen LogP contribution in [0, 0.1) is 29.6 Å². The molecule has 1 N–H and O–H groups in total. The summed E-state index contributed by atoms with van der Waals surface area (Å²) in [4.78, 5) is 53.8. The summed E-state index contributed by atoms with van der Waals surface area (Å²) in [5.41, 5.74) is 1.45. The smallest absolute Gasteiger partial charge is 0.233 e. The van der Waals surface area contributed by atoms with Gasteiger partial charge in [-0.3, -0.25) is 29.0 Å². The number of nitrogens with zero attached hydrogens (tertiary/aromatic N) is 2. The number of likely N-dealkylation sites (tertiary alicyclic amines) is 2. The molecule has 1 saturated carbocycles. The minimum atomic E-state index is -0.619. The molecule has 2 saturated heterocycles. The fourth-order valence-electron chi connectivity index (χ4n) is 6.03. The van der Waals surface area contributed by atoms with Gasteiger partial charge in [0.2, 0.25) is 23.6 Å². The Morgan fingerprint density at radius 2 is 1.53 bits per heavy atom. The zero-order valence-corrected chi connectivity index (χ0v) is 18.1. The molecule has 2 aliphatic carbocycles. The number of allylic oxidation sites excluding steroid dienone is 2. The van der Waals surface area contributed by atoms with E-state index in [2.05, 4.69) is 15.9 Å². The Morgan fingerprint density at radius 1 is 0.900 bits per heavy atom. The number of fused-ring (bicyclic) bond motifs is 4. The Balaban J connectivity index is 1.69. The van der Waals surface area contributed by atoms with E-state index in [4.69, 9.17) is 0 Å². The van der Waals surface area contributed by atoms with Crippen molar-refractivity contribution >= 4 is 39.6 Å². The highest BCUT2D eigenvalue weighted by atomic mass is 79.9. The summed E-state index contributed by atoms with van der Waals surface area (Å²) in [5.74, 6) is -3.82. The highest BCUT2D eigenvalue weighted by molar-refractivity contribution is 9.10. The van der Waals surface area contributed by atoms with Gasteiger partial charge in [0.1, 0.15) is 5.75 Å². The average molecular weight is 473 g/mol. The number of phenolic OH excluding ortho intramolecular Hbond substituents is 1. The lowest BCUT2D eigenvalue weighted by Crippen LogP contribution is -2.42. The lowest BCUT2D eigenvalue weighted by Gasteiger charge is -2.44. The largest absolute Gasteiger partial charge is 0.508 e. The first-order chi connectivity index (χ1) is 14.2. The van der Waals surface area contributed by atoms with Crippen LogP contribution < -0.4 is 0 Å². The van der Waals surface area contributed by atoms with Gasteiger partial charge in [0.15, 0.2) is 0 Å². The number of aromatic hydroxyl groups is 1. The molecule has 0 radical (unpaired) electrons. The molecule has 7 nitrogen and oxygen atoms in total. The summed E-state index contributed by atoms with van der Waals surface area (Å²) in [6.07, 6.45) is 2.75. The van der Waals surface area contributed by atoms with Gasteiger partial charge in [0.05, 0.1) is 23.7 Å². The molecule has 5 rings (SSSR count). The van der Waals surface area contributed by atoms with E-state index < -0.39 is 29.6 Å². The molecule has 0 bridgehead atoms. The van der Waals surface area contributed by atoms with Gasteiger partial charge < -0.3 is 5.11 Å². The first-order valence-corrected chi connectivity index (χ1v) is 10.8. The quantitative estimate of drug-likeness (QED) is 0.498. The number of hydrogen-bond donors (Lipinski definition) is 1. The maximum Gasteiger partial charge on any atom is 0.233 e. The molecule has 3 fully saturated rings. The highest BCUT2D eigenvalue weighted by Crippen LogP contribution is 2.58. The van der Waals surface area contributed by atoms with E-state index in [-0.39, 0.29) is 35.3 Å². The fraction of sp³-hybridized carbons (Fsp3) is 0.455. The minimum Gasteiger partial charge on any atom is -0.508 e. The summed E-state index contributed by atoms with van der Waals surface area (Å²) in [7, 11) is 2.99. The summed E-state index contributed by atoms with van der Waals surface area (Å²) in [6, 6.07) is 5.05. The zero-order chi connectivity index (χ0) is 21.5. The molecule has 156 valence electrons. The van der Waals surface area contributed by atoms with Crippen molar-refractivity contribution in [1.82, 2.24) is 9.80 Å². The zero-order valence-electron chi connectivity index (χ0n) is 16.5. The molecular formula is C22H21BrN2O5. The molecule has 4 amide bonds. The molecule has 6 atom stereocenters. The molecule has 1 aromatic rings. The third-order valence-corrected chi connectivity index (χ3v) is 7.91.